The van der Waals surface area contributed by atoms with E-state index in [0.29, 0.717) is 0 Å². The van der Waals surface area contributed by atoms with Crippen molar-refractivity contribution in [2.75, 3.05) is 0 Å². The molecule has 0 aromatic rings. The van der Waals surface area contributed by atoms with Crippen LogP contribution in [0.4, 0.5) is 0 Å². The lowest BCUT2D eigenvalue weighted by atomic mass is 9.92. The van der Waals surface area contributed by atoms with Gasteiger partial charge < -0.3 is 0 Å². The summed E-state index contributed by atoms with van der Waals surface area (Å²) in [5.74, 6) is 0.908. The topological polar surface area (TPSA) is 0 Å². The van der Waals surface area contributed by atoms with E-state index in [4.69, 9.17) is 0 Å². The Labute approximate surface area is 97.8 Å². The highest BCUT2D eigenvalue weighted by molar-refractivity contribution is 4.75. The highest BCUT2D eigenvalue weighted by atomic mass is 14.1. The van der Waals surface area contributed by atoms with E-state index in [1.165, 1.54) is 64.2 Å². The molecule has 0 aromatic heterocycles. The Morgan fingerprint density at radius 2 is 1.33 bits per heavy atom. The molecule has 0 atom stereocenters. The number of rotatable bonds is 11. The number of hydrogen-bond acceptors (Lipinski definition) is 0. The maximum atomic E-state index is 2.60. The number of hydrogen-bond donors (Lipinski definition) is 0. The highest BCUT2D eigenvalue weighted by Gasteiger charge is 2.05. The summed E-state index contributed by atoms with van der Waals surface area (Å²) >= 11 is 0. The summed E-state index contributed by atoms with van der Waals surface area (Å²) in [6.45, 7) is 6.89. The summed E-state index contributed by atoms with van der Waals surface area (Å²) in [4.78, 5) is 0. The first-order valence-electron chi connectivity index (χ1n) is 7.18. The van der Waals surface area contributed by atoms with Gasteiger partial charge in [0.1, 0.15) is 0 Å². The Kier molecular flexibility index (Phi) is 12.1. The molecule has 0 amide bonds. The van der Waals surface area contributed by atoms with Crippen LogP contribution in [-0.4, -0.2) is 0 Å². The van der Waals surface area contributed by atoms with E-state index in [9.17, 15) is 0 Å². The maximum absolute atomic E-state index is 2.60. The third kappa shape index (κ3) is 10.3. The predicted molar refractivity (Wildman–Crippen MR) is 71.0 cm³/mol. The van der Waals surface area contributed by atoms with Gasteiger partial charge >= 0.3 is 0 Å². The van der Waals surface area contributed by atoms with Gasteiger partial charge in [-0.05, 0) is 18.8 Å². The van der Waals surface area contributed by atoms with Crippen molar-refractivity contribution in [1.29, 1.82) is 0 Å². The Hall–Kier alpha value is 0. The molecule has 0 aliphatic carbocycles. The zero-order chi connectivity index (χ0) is 11.4. The van der Waals surface area contributed by atoms with Crippen LogP contribution in [0, 0.1) is 12.3 Å². The van der Waals surface area contributed by atoms with E-state index in [1.807, 2.05) is 0 Å². The van der Waals surface area contributed by atoms with Crippen LogP contribution < -0.4 is 0 Å². The van der Waals surface area contributed by atoms with E-state index in [-0.39, 0.29) is 0 Å². The van der Waals surface area contributed by atoms with Gasteiger partial charge in [-0.3, -0.25) is 0 Å². The van der Waals surface area contributed by atoms with Crippen LogP contribution in [-0.2, 0) is 0 Å². The van der Waals surface area contributed by atoms with Crippen molar-refractivity contribution in [1.82, 2.24) is 0 Å². The van der Waals surface area contributed by atoms with Crippen LogP contribution in [0.5, 0.6) is 0 Å². The van der Waals surface area contributed by atoms with Gasteiger partial charge in [0, 0.05) is 0 Å². The Morgan fingerprint density at radius 1 is 0.733 bits per heavy atom. The SMILES string of the molecule is CCCCCCC[CH]C(CCC)CCC. The highest BCUT2D eigenvalue weighted by Crippen LogP contribution is 2.20. The third-order valence-corrected chi connectivity index (χ3v) is 3.13. The monoisotopic (exact) mass is 211 g/mol. The Balaban J connectivity index is 3.28. The van der Waals surface area contributed by atoms with Crippen molar-refractivity contribution >= 4 is 0 Å². The molecule has 0 saturated heterocycles. The van der Waals surface area contributed by atoms with Crippen LogP contribution in [0.15, 0.2) is 0 Å². The molecule has 0 nitrogen and oxygen atoms in total. The van der Waals surface area contributed by atoms with E-state index in [0.717, 1.165) is 5.92 Å². The molecule has 0 heteroatoms. The first-order chi connectivity index (χ1) is 7.35. The van der Waals surface area contributed by atoms with Crippen LogP contribution in [0.3, 0.4) is 0 Å². The molecular weight excluding hydrogens is 180 g/mol. The van der Waals surface area contributed by atoms with Crippen LogP contribution in [0.1, 0.15) is 85.0 Å². The van der Waals surface area contributed by atoms with Crippen molar-refractivity contribution < 1.29 is 0 Å². The summed E-state index contributed by atoms with van der Waals surface area (Å²) in [6.07, 6.45) is 16.5. The fraction of sp³-hybridized carbons (Fsp3) is 0.933. The first kappa shape index (κ1) is 15.0. The molecule has 15 heavy (non-hydrogen) atoms. The molecule has 1 radical (unpaired) electrons. The molecule has 0 bridgehead atoms. The summed E-state index contributed by atoms with van der Waals surface area (Å²) in [5.41, 5.74) is 0. The van der Waals surface area contributed by atoms with E-state index in [2.05, 4.69) is 27.2 Å². The van der Waals surface area contributed by atoms with Crippen molar-refractivity contribution in [2.24, 2.45) is 5.92 Å². The number of unbranched alkanes of at least 4 members (excludes halogenated alkanes) is 5. The summed E-state index contributed by atoms with van der Waals surface area (Å²) in [5, 5.41) is 0. The van der Waals surface area contributed by atoms with Crippen molar-refractivity contribution in [3.05, 3.63) is 6.42 Å². The van der Waals surface area contributed by atoms with E-state index in [1.54, 1.807) is 0 Å². The van der Waals surface area contributed by atoms with Gasteiger partial charge in [0.25, 0.3) is 0 Å². The average molecular weight is 211 g/mol. The van der Waals surface area contributed by atoms with E-state index >= 15 is 0 Å². The summed E-state index contributed by atoms with van der Waals surface area (Å²) < 4.78 is 0. The van der Waals surface area contributed by atoms with Crippen LogP contribution in [0.25, 0.3) is 0 Å². The molecule has 0 aromatic carbocycles. The lowest BCUT2D eigenvalue weighted by Gasteiger charge is -2.14. The summed E-state index contributed by atoms with van der Waals surface area (Å²) in [7, 11) is 0. The molecule has 0 unspecified atom stereocenters. The zero-order valence-corrected chi connectivity index (χ0v) is 11.2. The molecule has 0 rings (SSSR count). The van der Waals surface area contributed by atoms with Crippen molar-refractivity contribution in [3.63, 3.8) is 0 Å². The quantitative estimate of drug-likeness (QED) is 0.381. The van der Waals surface area contributed by atoms with E-state index < -0.39 is 0 Å². The zero-order valence-electron chi connectivity index (χ0n) is 11.2. The average Bonchev–Trinajstić information content (AvgIpc) is 2.24. The lowest BCUT2D eigenvalue weighted by Crippen LogP contribution is -2.00. The fourth-order valence-electron chi connectivity index (χ4n) is 2.22. The molecule has 0 heterocycles. The first-order valence-corrected chi connectivity index (χ1v) is 7.18. The van der Waals surface area contributed by atoms with Gasteiger partial charge in [-0.15, -0.1) is 0 Å². The molecule has 0 spiro atoms. The van der Waals surface area contributed by atoms with Crippen LogP contribution >= 0.6 is 0 Å². The van der Waals surface area contributed by atoms with Gasteiger partial charge in [0.15, 0.2) is 0 Å². The van der Waals surface area contributed by atoms with Crippen molar-refractivity contribution in [2.45, 2.75) is 85.0 Å². The largest absolute Gasteiger partial charge is 0.0654 e. The normalized spacial score (nSPS) is 11.2. The molecule has 0 fully saturated rings. The molecule has 91 valence electrons. The maximum Gasteiger partial charge on any atom is -0.0355 e. The van der Waals surface area contributed by atoms with Gasteiger partial charge in [0.2, 0.25) is 0 Å². The fourth-order valence-corrected chi connectivity index (χ4v) is 2.22. The minimum absolute atomic E-state index is 0.908. The predicted octanol–water partition coefficient (Wildman–Crippen LogP) is 5.77. The van der Waals surface area contributed by atoms with Crippen molar-refractivity contribution in [3.8, 4) is 0 Å². The molecule has 0 N–H and O–H groups in total. The molecular formula is C15H31. The Bertz CT molecular complexity index is 101. The van der Waals surface area contributed by atoms with Gasteiger partial charge in [-0.25, -0.2) is 0 Å². The summed E-state index contributed by atoms with van der Waals surface area (Å²) in [6, 6.07) is 0. The lowest BCUT2D eigenvalue weighted by molar-refractivity contribution is 0.473. The van der Waals surface area contributed by atoms with Gasteiger partial charge in [0.05, 0.1) is 0 Å². The van der Waals surface area contributed by atoms with Crippen LogP contribution in [0.2, 0.25) is 0 Å². The Morgan fingerprint density at radius 3 is 1.87 bits per heavy atom. The second-order valence-electron chi connectivity index (χ2n) is 4.78. The smallest absolute Gasteiger partial charge is 0.0355 e. The standard InChI is InChI=1S/C15H31/c1-4-7-8-9-10-11-14-15(12-5-2)13-6-3/h14-15H,4-13H2,1-3H3. The van der Waals surface area contributed by atoms with Gasteiger partial charge in [-0.1, -0.05) is 78.6 Å². The molecule has 0 aliphatic heterocycles. The van der Waals surface area contributed by atoms with Gasteiger partial charge in [-0.2, -0.15) is 0 Å². The second kappa shape index (κ2) is 12.1. The minimum Gasteiger partial charge on any atom is -0.0654 e. The molecule has 0 saturated carbocycles. The molecule has 0 aliphatic rings. The third-order valence-electron chi connectivity index (χ3n) is 3.13. The second-order valence-corrected chi connectivity index (χ2v) is 4.78. The minimum atomic E-state index is 0.908.